The van der Waals surface area contributed by atoms with Crippen LogP contribution in [0.2, 0.25) is 5.15 Å². The van der Waals surface area contributed by atoms with Gasteiger partial charge in [-0.05, 0) is 6.92 Å². The maximum absolute atomic E-state index is 11.5. The molecule has 0 N–H and O–H groups in total. The van der Waals surface area contributed by atoms with Gasteiger partial charge in [0, 0.05) is 19.3 Å². The molecule has 0 radical (unpaired) electrons. The SMILES string of the molecule is CCOC(=O)c1cnc(N2CCOCC2)nc1Cl. The van der Waals surface area contributed by atoms with Gasteiger partial charge in [0.15, 0.2) is 0 Å². The Kier molecular flexibility index (Phi) is 4.33. The Morgan fingerprint density at radius 1 is 1.56 bits per heavy atom. The van der Waals surface area contributed by atoms with Crippen LogP contribution in [0.25, 0.3) is 0 Å². The molecule has 2 rings (SSSR count). The van der Waals surface area contributed by atoms with Crippen LogP contribution in [0.1, 0.15) is 17.3 Å². The molecule has 1 aliphatic heterocycles. The van der Waals surface area contributed by atoms with E-state index in [1.54, 1.807) is 6.92 Å². The summed E-state index contributed by atoms with van der Waals surface area (Å²) in [7, 11) is 0. The second-order valence-electron chi connectivity index (χ2n) is 3.69. The smallest absolute Gasteiger partial charge is 0.342 e. The molecule has 0 aliphatic carbocycles. The maximum atomic E-state index is 11.5. The quantitative estimate of drug-likeness (QED) is 0.607. The van der Waals surface area contributed by atoms with Crippen molar-refractivity contribution in [1.29, 1.82) is 0 Å². The Hall–Kier alpha value is -1.40. The van der Waals surface area contributed by atoms with Gasteiger partial charge in [-0.2, -0.15) is 0 Å². The number of ether oxygens (including phenoxy) is 2. The van der Waals surface area contributed by atoms with Crippen molar-refractivity contribution in [3.8, 4) is 0 Å². The van der Waals surface area contributed by atoms with Crippen molar-refractivity contribution in [2.24, 2.45) is 0 Å². The predicted octanol–water partition coefficient (Wildman–Crippen LogP) is 1.14. The highest BCUT2D eigenvalue weighted by molar-refractivity contribution is 6.32. The lowest BCUT2D eigenvalue weighted by Gasteiger charge is -2.26. The van der Waals surface area contributed by atoms with E-state index in [0.717, 1.165) is 13.1 Å². The Morgan fingerprint density at radius 2 is 2.28 bits per heavy atom. The average molecular weight is 272 g/mol. The van der Waals surface area contributed by atoms with Gasteiger partial charge in [-0.3, -0.25) is 0 Å². The van der Waals surface area contributed by atoms with Crippen LogP contribution < -0.4 is 4.90 Å². The van der Waals surface area contributed by atoms with Crippen LogP contribution in [0.4, 0.5) is 5.95 Å². The molecule has 1 aromatic rings. The lowest BCUT2D eigenvalue weighted by molar-refractivity contribution is 0.0525. The second-order valence-corrected chi connectivity index (χ2v) is 4.05. The summed E-state index contributed by atoms with van der Waals surface area (Å²) in [5.74, 6) is 0.00683. The number of halogens is 1. The van der Waals surface area contributed by atoms with Gasteiger partial charge >= 0.3 is 5.97 Å². The van der Waals surface area contributed by atoms with Crippen LogP contribution in [0, 0.1) is 0 Å². The first kappa shape index (κ1) is 13.0. The fourth-order valence-electron chi connectivity index (χ4n) is 1.61. The first-order valence-corrected chi connectivity index (χ1v) is 6.12. The summed E-state index contributed by atoms with van der Waals surface area (Å²) in [4.78, 5) is 21.8. The Balaban J connectivity index is 2.16. The van der Waals surface area contributed by atoms with Crippen LogP contribution in [-0.2, 0) is 9.47 Å². The van der Waals surface area contributed by atoms with Crippen molar-refractivity contribution in [2.45, 2.75) is 6.92 Å². The summed E-state index contributed by atoms with van der Waals surface area (Å²) < 4.78 is 10.1. The van der Waals surface area contributed by atoms with Gasteiger partial charge in [-0.15, -0.1) is 0 Å². The number of carbonyl (C=O) groups is 1. The number of rotatable bonds is 3. The Bertz CT molecular complexity index is 436. The third-order valence-corrected chi connectivity index (χ3v) is 2.81. The lowest BCUT2D eigenvalue weighted by atomic mass is 10.3. The molecule has 1 aliphatic rings. The number of carbonyl (C=O) groups excluding carboxylic acids is 1. The molecule has 0 saturated carbocycles. The fraction of sp³-hybridized carbons (Fsp3) is 0.545. The number of morpholine rings is 1. The van der Waals surface area contributed by atoms with Crippen LogP contribution >= 0.6 is 11.6 Å². The van der Waals surface area contributed by atoms with Crippen LogP contribution in [0.5, 0.6) is 0 Å². The highest BCUT2D eigenvalue weighted by atomic mass is 35.5. The molecule has 98 valence electrons. The van der Waals surface area contributed by atoms with E-state index in [2.05, 4.69) is 9.97 Å². The summed E-state index contributed by atoms with van der Waals surface area (Å²) in [6.45, 7) is 4.74. The molecule has 0 spiro atoms. The first-order valence-electron chi connectivity index (χ1n) is 5.74. The van der Waals surface area contributed by atoms with Gasteiger partial charge < -0.3 is 14.4 Å². The first-order chi connectivity index (χ1) is 8.72. The van der Waals surface area contributed by atoms with Gasteiger partial charge in [0.05, 0.1) is 19.8 Å². The van der Waals surface area contributed by atoms with Gasteiger partial charge in [-0.1, -0.05) is 11.6 Å². The third kappa shape index (κ3) is 2.88. The largest absolute Gasteiger partial charge is 0.462 e. The molecule has 0 bridgehead atoms. The van der Waals surface area contributed by atoms with Crippen molar-refractivity contribution in [3.63, 3.8) is 0 Å². The highest BCUT2D eigenvalue weighted by Crippen LogP contribution is 2.18. The number of anilines is 1. The number of aromatic nitrogens is 2. The van der Waals surface area contributed by atoms with Gasteiger partial charge in [0.1, 0.15) is 10.7 Å². The molecule has 18 heavy (non-hydrogen) atoms. The van der Waals surface area contributed by atoms with Crippen LogP contribution in [0.15, 0.2) is 6.20 Å². The number of nitrogens with zero attached hydrogens (tertiary/aromatic N) is 3. The third-order valence-electron chi connectivity index (χ3n) is 2.52. The molecule has 1 fully saturated rings. The van der Waals surface area contributed by atoms with Gasteiger partial charge in [0.25, 0.3) is 0 Å². The minimum absolute atomic E-state index is 0.116. The van der Waals surface area contributed by atoms with E-state index in [9.17, 15) is 4.79 Å². The molecule has 1 saturated heterocycles. The van der Waals surface area contributed by atoms with E-state index in [4.69, 9.17) is 21.1 Å². The van der Waals surface area contributed by atoms with E-state index in [0.29, 0.717) is 25.8 Å². The zero-order chi connectivity index (χ0) is 13.0. The van der Waals surface area contributed by atoms with Crippen molar-refractivity contribution in [2.75, 3.05) is 37.8 Å². The molecule has 7 heteroatoms. The van der Waals surface area contributed by atoms with Crippen molar-refractivity contribution in [1.82, 2.24) is 9.97 Å². The molecule has 0 atom stereocenters. The molecule has 0 amide bonds. The number of hydrogen-bond donors (Lipinski definition) is 0. The molecule has 2 heterocycles. The maximum Gasteiger partial charge on any atom is 0.342 e. The minimum atomic E-state index is -0.504. The number of esters is 1. The zero-order valence-corrected chi connectivity index (χ0v) is 10.8. The van der Waals surface area contributed by atoms with E-state index in [1.165, 1.54) is 6.20 Å². The minimum Gasteiger partial charge on any atom is -0.462 e. The van der Waals surface area contributed by atoms with Crippen LogP contribution in [0.3, 0.4) is 0 Å². The molecular formula is C11H14ClN3O3. The van der Waals surface area contributed by atoms with Crippen molar-refractivity contribution in [3.05, 3.63) is 16.9 Å². The summed E-state index contributed by atoms with van der Waals surface area (Å²) in [6.07, 6.45) is 1.40. The van der Waals surface area contributed by atoms with E-state index in [-0.39, 0.29) is 10.7 Å². The normalized spacial score (nSPS) is 15.6. The average Bonchev–Trinajstić information content (AvgIpc) is 2.40. The van der Waals surface area contributed by atoms with Gasteiger partial charge in [-0.25, -0.2) is 14.8 Å². The molecule has 0 aromatic carbocycles. The zero-order valence-electron chi connectivity index (χ0n) is 10.1. The second kappa shape index (κ2) is 5.97. The van der Waals surface area contributed by atoms with E-state index in [1.807, 2.05) is 4.90 Å². The predicted molar refractivity (Wildman–Crippen MR) is 66.0 cm³/mol. The lowest BCUT2D eigenvalue weighted by Crippen LogP contribution is -2.37. The summed E-state index contributed by atoms with van der Waals surface area (Å²) >= 11 is 5.97. The molecule has 1 aromatic heterocycles. The topological polar surface area (TPSA) is 64.5 Å². The van der Waals surface area contributed by atoms with Crippen LogP contribution in [-0.4, -0.2) is 48.8 Å². The van der Waals surface area contributed by atoms with E-state index < -0.39 is 5.97 Å². The summed E-state index contributed by atoms with van der Waals surface area (Å²) in [6, 6.07) is 0. The Morgan fingerprint density at radius 3 is 2.89 bits per heavy atom. The molecule has 0 unspecified atom stereocenters. The summed E-state index contributed by atoms with van der Waals surface area (Å²) in [5, 5.41) is 0.116. The standard InChI is InChI=1S/C11H14ClN3O3/c1-2-18-10(16)8-7-13-11(14-9(8)12)15-3-5-17-6-4-15/h7H,2-6H2,1H3. The fourth-order valence-corrected chi connectivity index (χ4v) is 1.82. The monoisotopic (exact) mass is 271 g/mol. The molecular weight excluding hydrogens is 258 g/mol. The highest BCUT2D eigenvalue weighted by Gasteiger charge is 2.18. The van der Waals surface area contributed by atoms with Crippen molar-refractivity contribution >= 4 is 23.5 Å². The van der Waals surface area contributed by atoms with E-state index >= 15 is 0 Å². The Labute approximate surface area is 110 Å². The molecule has 6 nitrogen and oxygen atoms in total. The van der Waals surface area contributed by atoms with Gasteiger partial charge in [0.2, 0.25) is 5.95 Å². The summed E-state index contributed by atoms with van der Waals surface area (Å²) in [5.41, 5.74) is 0.190. The number of hydrogen-bond acceptors (Lipinski definition) is 6. The van der Waals surface area contributed by atoms with Crippen molar-refractivity contribution < 1.29 is 14.3 Å².